The first-order valence-corrected chi connectivity index (χ1v) is 3.28. The quantitative estimate of drug-likeness (QED) is 0.604. The van der Waals surface area contributed by atoms with Crippen LogP contribution in [-0.4, -0.2) is 10.7 Å². The van der Waals surface area contributed by atoms with Gasteiger partial charge < -0.3 is 5.11 Å². The van der Waals surface area contributed by atoms with Gasteiger partial charge in [-0.1, -0.05) is 13.8 Å². The van der Waals surface area contributed by atoms with E-state index in [-0.39, 0.29) is 5.41 Å². The summed E-state index contributed by atoms with van der Waals surface area (Å²) in [5.74, 6) is 0. The van der Waals surface area contributed by atoms with Gasteiger partial charge >= 0.3 is 0 Å². The molecule has 0 heterocycles. The molecule has 0 saturated heterocycles. The van der Waals surface area contributed by atoms with Crippen LogP contribution < -0.4 is 0 Å². The molecule has 0 aromatic rings. The highest BCUT2D eigenvalue weighted by atomic mass is 16.3. The third-order valence-corrected chi connectivity index (χ3v) is 0.911. The van der Waals surface area contributed by atoms with Gasteiger partial charge in [0.25, 0.3) is 0 Å². The Morgan fingerprint density at radius 2 is 1.56 bits per heavy atom. The average molecular weight is 129 g/mol. The van der Waals surface area contributed by atoms with Gasteiger partial charge in [0.15, 0.2) is 0 Å². The van der Waals surface area contributed by atoms with Crippen LogP contribution in [0.2, 0.25) is 0 Å². The molecule has 0 aliphatic heterocycles. The molecule has 9 heavy (non-hydrogen) atoms. The monoisotopic (exact) mass is 129 g/mol. The Kier molecular flexibility index (Phi) is 2.29. The lowest BCUT2D eigenvalue weighted by atomic mass is 9.84. The molecule has 1 heteroatoms. The van der Waals surface area contributed by atoms with Crippen molar-refractivity contribution < 1.29 is 5.11 Å². The van der Waals surface area contributed by atoms with Crippen LogP contribution in [0.15, 0.2) is 0 Å². The highest BCUT2D eigenvalue weighted by molar-refractivity contribution is 4.79. The molecule has 0 rings (SSSR count). The fourth-order valence-electron chi connectivity index (χ4n) is 1.17. The first-order chi connectivity index (χ1) is 3.71. The number of aliphatic hydroxyl groups is 1. The number of hydrogen-bond donors (Lipinski definition) is 1. The highest BCUT2D eigenvalue weighted by Gasteiger charge is 2.21. The fourth-order valence-corrected chi connectivity index (χ4v) is 1.17. The zero-order chi connectivity index (χ0) is 7.71. The Morgan fingerprint density at radius 3 is 1.56 bits per heavy atom. The zero-order valence-electron chi connectivity index (χ0n) is 6.86. The molecular weight excluding hydrogens is 112 g/mol. The van der Waals surface area contributed by atoms with Crippen LogP contribution in [0.4, 0.5) is 0 Å². The highest BCUT2D eigenvalue weighted by Crippen LogP contribution is 2.25. The average Bonchev–Trinajstić information content (AvgIpc) is 1.14. The van der Waals surface area contributed by atoms with E-state index in [9.17, 15) is 5.11 Å². The minimum absolute atomic E-state index is 0.0156. The zero-order valence-corrected chi connectivity index (χ0v) is 6.86. The second-order valence-electron chi connectivity index (χ2n) is 4.15. The van der Waals surface area contributed by atoms with Crippen molar-refractivity contribution in [2.75, 3.05) is 0 Å². The Balaban J connectivity index is 3.75. The van der Waals surface area contributed by atoms with Crippen molar-refractivity contribution in [3.05, 3.63) is 6.92 Å². The van der Waals surface area contributed by atoms with E-state index in [2.05, 4.69) is 6.92 Å². The minimum atomic E-state index is -0.578. The summed E-state index contributed by atoms with van der Waals surface area (Å²) in [7, 11) is 0. The summed E-state index contributed by atoms with van der Waals surface area (Å²) in [4.78, 5) is 0. The Labute approximate surface area is 58.1 Å². The van der Waals surface area contributed by atoms with E-state index in [0.717, 1.165) is 6.42 Å². The van der Waals surface area contributed by atoms with Gasteiger partial charge in [-0.25, -0.2) is 0 Å². The van der Waals surface area contributed by atoms with Gasteiger partial charge in [0.1, 0.15) is 0 Å². The largest absolute Gasteiger partial charge is 0.390 e. The summed E-state index contributed by atoms with van der Waals surface area (Å²) in [5, 5.41) is 9.31. The van der Waals surface area contributed by atoms with Crippen LogP contribution in [0, 0.1) is 12.3 Å². The van der Waals surface area contributed by atoms with Crippen molar-refractivity contribution in [2.24, 2.45) is 5.41 Å². The van der Waals surface area contributed by atoms with Gasteiger partial charge in [-0.3, -0.25) is 0 Å². The second kappa shape index (κ2) is 2.30. The summed E-state index contributed by atoms with van der Waals surface area (Å²) < 4.78 is 0. The smallest absolute Gasteiger partial charge is 0.0596 e. The second-order valence-corrected chi connectivity index (χ2v) is 4.15. The summed E-state index contributed by atoms with van der Waals surface area (Å²) in [5.41, 5.74) is -0.594. The van der Waals surface area contributed by atoms with Crippen molar-refractivity contribution in [2.45, 2.75) is 39.7 Å². The van der Waals surface area contributed by atoms with E-state index < -0.39 is 5.60 Å². The Morgan fingerprint density at radius 1 is 1.22 bits per heavy atom. The predicted octanol–water partition coefficient (Wildman–Crippen LogP) is 2.01. The van der Waals surface area contributed by atoms with E-state index in [1.807, 2.05) is 13.8 Å². The summed E-state index contributed by atoms with van der Waals surface area (Å²) in [6, 6.07) is 0. The van der Waals surface area contributed by atoms with Crippen LogP contribution in [0.25, 0.3) is 0 Å². The fraction of sp³-hybridized carbons (Fsp3) is 0.875. The topological polar surface area (TPSA) is 20.2 Å². The molecule has 0 aromatic carbocycles. The van der Waals surface area contributed by atoms with Gasteiger partial charge in [-0.05, 0) is 32.6 Å². The molecule has 0 bridgehead atoms. The molecule has 0 spiro atoms. The van der Waals surface area contributed by atoms with E-state index >= 15 is 0 Å². The molecule has 0 amide bonds. The molecule has 1 nitrogen and oxygen atoms in total. The van der Waals surface area contributed by atoms with Crippen molar-refractivity contribution in [3.63, 3.8) is 0 Å². The van der Waals surface area contributed by atoms with E-state index in [0.29, 0.717) is 0 Å². The van der Waals surface area contributed by atoms with Crippen LogP contribution >= 0.6 is 0 Å². The summed E-state index contributed by atoms with van der Waals surface area (Å²) in [6.45, 7) is 11.5. The Hall–Kier alpha value is -0.0400. The van der Waals surface area contributed by atoms with E-state index in [1.54, 1.807) is 13.8 Å². The van der Waals surface area contributed by atoms with Gasteiger partial charge in [0.2, 0.25) is 0 Å². The predicted molar refractivity (Wildman–Crippen MR) is 40.1 cm³/mol. The number of rotatable bonds is 2. The maximum Gasteiger partial charge on any atom is 0.0596 e. The van der Waals surface area contributed by atoms with Crippen LogP contribution in [-0.2, 0) is 0 Å². The van der Waals surface area contributed by atoms with Gasteiger partial charge in [0, 0.05) is 0 Å². The van der Waals surface area contributed by atoms with Crippen molar-refractivity contribution in [1.29, 1.82) is 0 Å². The van der Waals surface area contributed by atoms with Crippen LogP contribution in [0.5, 0.6) is 0 Å². The van der Waals surface area contributed by atoms with Crippen LogP contribution in [0.1, 0.15) is 34.1 Å². The Bertz CT molecular complexity index is 69.7. The first kappa shape index (κ1) is 8.96. The van der Waals surface area contributed by atoms with Gasteiger partial charge in [0.05, 0.1) is 5.60 Å². The minimum Gasteiger partial charge on any atom is -0.390 e. The molecule has 1 radical (unpaired) electrons. The third kappa shape index (κ3) is 7.96. The van der Waals surface area contributed by atoms with Crippen molar-refractivity contribution in [1.82, 2.24) is 0 Å². The standard InChI is InChI=1S/C8H17O/c1-7(2,3)6-8(4,5)9/h9H,1,6H2,2-5H3. The lowest BCUT2D eigenvalue weighted by Crippen LogP contribution is -2.26. The number of hydrogen-bond acceptors (Lipinski definition) is 1. The third-order valence-electron chi connectivity index (χ3n) is 0.911. The molecule has 1 N–H and O–H groups in total. The molecule has 0 fully saturated rings. The first-order valence-electron chi connectivity index (χ1n) is 3.28. The normalized spacial score (nSPS) is 14.0. The molecular formula is C8H17O. The van der Waals surface area contributed by atoms with E-state index in [4.69, 9.17) is 0 Å². The maximum atomic E-state index is 9.31. The summed E-state index contributed by atoms with van der Waals surface area (Å²) in [6.07, 6.45) is 0.736. The lowest BCUT2D eigenvalue weighted by Gasteiger charge is -2.27. The SMILES string of the molecule is [CH2]C(C)(C)CC(C)(C)O. The molecule has 0 atom stereocenters. The van der Waals surface area contributed by atoms with E-state index in [1.165, 1.54) is 0 Å². The molecule has 0 aliphatic rings. The molecule has 0 unspecified atom stereocenters. The van der Waals surface area contributed by atoms with Gasteiger partial charge in [-0.2, -0.15) is 0 Å². The molecule has 0 aliphatic carbocycles. The lowest BCUT2D eigenvalue weighted by molar-refractivity contribution is 0.0433. The van der Waals surface area contributed by atoms with Crippen molar-refractivity contribution >= 4 is 0 Å². The molecule has 0 saturated carbocycles. The van der Waals surface area contributed by atoms with Crippen LogP contribution in [0.3, 0.4) is 0 Å². The summed E-state index contributed by atoms with van der Waals surface area (Å²) >= 11 is 0. The maximum absolute atomic E-state index is 9.31. The molecule has 0 aromatic heterocycles. The molecule has 55 valence electrons. The van der Waals surface area contributed by atoms with Crippen molar-refractivity contribution in [3.8, 4) is 0 Å². The van der Waals surface area contributed by atoms with Gasteiger partial charge in [-0.15, -0.1) is 0 Å².